The maximum absolute atomic E-state index is 14.1. The van der Waals surface area contributed by atoms with E-state index in [0.717, 1.165) is 45.4 Å². The number of nitrogens with one attached hydrogen (secondary N) is 1. The lowest BCUT2D eigenvalue weighted by Crippen LogP contribution is -2.29. The number of para-hydroxylation sites is 3. The van der Waals surface area contributed by atoms with E-state index in [1.165, 1.54) is 5.56 Å². The molecule has 3 N–H and O–H groups in total. The van der Waals surface area contributed by atoms with Crippen LogP contribution in [0.5, 0.6) is 0 Å². The second-order valence-electron chi connectivity index (χ2n) is 8.82. The molecule has 1 amide bonds. The van der Waals surface area contributed by atoms with E-state index >= 15 is 0 Å². The Hall–Kier alpha value is -4.57. The maximum atomic E-state index is 14.1. The summed E-state index contributed by atoms with van der Waals surface area (Å²) in [6.45, 7) is 0.605. The number of amides is 1. The molecule has 0 fully saturated rings. The van der Waals surface area contributed by atoms with E-state index in [9.17, 15) is 4.79 Å². The van der Waals surface area contributed by atoms with Gasteiger partial charge in [0.2, 0.25) is 0 Å². The van der Waals surface area contributed by atoms with Crippen LogP contribution in [0.25, 0.3) is 22.0 Å². The largest absolute Gasteiger partial charge is 0.398 e. The van der Waals surface area contributed by atoms with Gasteiger partial charge in [0.1, 0.15) is 0 Å². The topological polar surface area (TPSA) is 62.1 Å². The van der Waals surface area contributed by atoms with Crippen molar-refractivity contribution >= 4 is 39.3 Å². The molecule has 4 nitrogen and oxygen atoms in total. The van der Waals surface area contributed by atoms with Gasteiger partial charge in [-0.25, -0.2) is 0 Å². The van der Waals surface area contributed by atoms with E-state index < -0.39 is 0 Å². The van der Waals surface area contributed by atoms with Crippen molar-refractivity contribution in [3.8, 4) is 0 Å². The van der Waals surface area contributed by atoms with Gasteiger partial charge in [0.25, 0.3) is 5.91 Å². The summed E-state index contributed by atoms with van der Waals surface area (Å²) in [6.07, 6.45) is 0.781. The first kappa shape index (κ1) is 21.0. The number of anilines is 2. The van der Waals surface area contributed by atoms with E-state index in [1.54, 1.807) is 0 Å². The molecule has 0 aliphatic carbocycles. The number of rotatable bonds is 5. The van der Waals surface area contributed by atoms with Crippen LogP contribution in [0.1, 0.15) is 22.4 Å². The second kappa shape index (κ2) is 8.65. The highest BCUT2D eigenvalue weighted by Gasteiger charge is 2.35. The molecule has 1 aliphatic rings. The first-order valence-corrected chi connectivity index (χ1v) is 11.8. The molecular formula is C31H25N3O. The van der Waals surface area contributed by atoms with Gasteiger partial charge in [-0.15, -0.1) is 0 Å². The van der Waals surface area contributed by atoms with Crippen molar-refractivity contribution in [3.63, 3.8) is 0 Å². The van der Waals surface area contributed by atoms with Gasteiger partial charge in [-0.3, -0.25) is 4.79 Å². The molecular weight excluding hydrogens is 430 g/mol. The molecule has 1 aliphatic heterocycles. The Morgan fingerprint density at radius 1 is 0.800 bits per heavy atom. The normalized spacial score (nSPS) is 14.4. The van der Waals surface area contributed by atoms with Gasteiger partial charge in [-0.1, -0.05) is 84.9 Å². The van der Waals surface area contributed by atoms with Crippen molar-refractivity contribution < 1.29 is 4.79 Å². The molecule has 5 aromatic rings. The SMILES string of the molecule is Nc1ccccc1/C(=C1/C(=O)N(CCc2ccccc2)c2ccccc21)c1cc2ccccc2[nH]1. The van der Waals surface area contributed by atoms with Crippen molar-refractivity contribution in [3.05, 3.63) is 132 Å². The highest BCUT2D eigenvalue weighted by atomic mass is 16.2. The lowest BCUT2D eigenvalue weighted by Gasteiger charge is -2.18. The zero-order valence-corrected chi connectivity index (χ0v) is 19.2. The summed E-state index contributed by atoms with van der Waals surface area (Å²) in [5.74, 6) is -0.000889. The van der Waals surface area contributed by atoms with Crippen LogP contribution in [-0.2, 0) is 11.2 Å². The average Bonchev–Trinajstić information content (AvgIpc) is 3.44. The van der Waals surface area contributed by atoms with Crippen LogP contribution < -0.4 is 10.6 Å². The predicted molar refractivity (Wildman–Crippen MR) is 144 cm³/mol. The van der Waals surface area contributed by atoms with Gasteiger partial charge in [-0.2, -0.15) is 0 Å². The quantitative estimate of drug-likeness (QED) is 0.241. The number of nitrogens with zero attached hydrogens (tertiary/aromatic N) is 1. The minimum absolute atomic E-state index is 0.000889. The molecule has 0 unspecified atom stereocenters. The first-order valence-electron chi connectivity index (χ1n) is 11.8. The summed E-state index contributed by atoms with van der Waals surface area (Å²) in [5.41, 5.74) is 14.5. The van der Waals surface area contributed by atoms with Crippen LogP contribution in [-0.4, -0.2) is 17.4 Å². The van der Waals surface area contributed by atoms with Crippen LogP contribution in [0.3, 0.4) is 0 Å². The molecule has 2 heterocycles. The molecule has 4 heteroatoms. The lowest BCUT2D eigenvalue weighted by atomic mass is 9.92. The number of hydrogen-bond acceptors (Lipinski definition) is 2. The molecule has 0 atom stereocenters. The fourth-order valence-electron chi connectivity index (χ4n) is 4.98. The predicted octanol–water partition coefficient (Wildman–Crippen LogP) is 6.30. The van der Waals surface area contributed by atoms with Crippen LogP contribution in [0.15, 0.2) is 109 Å². The molecule has 170 valence electrons. The Kier molecular flexibility index (Phi) is 5.19. The van der Waals surface area contributed by atoms with Crippen LogP contribution in [0, 0.1) is 0 Å². The van der Waals surface area contributed by atoms with Crippen LogP contribution in [0.2, 0.25) is 0 Å². The standard InChI is InChI=1S/C31H25N3O/c32-25-15-7-5-13-23(25)29(27-20-22-12-4-8-16-26(22)33-27)30-24-14-6-9-17-28(24)34(31(30)35)19-18-21-10-2-1-3-11-21/h1-17,20,33H,18-19,32H2/b30-29-. The number of aromatic amines is 1. The third-order valence-electron chi connectivity index (χ3n) is 6.67. The minimum Gasteiger partial charge on any atom is -0.398 e. The Morgan fingerprint density at radius 2 is 1.51 bits per heavy atom. The van der Waals surface area contributed by atoms with Crippen molar-refractivity contribution in [1.82, 2.24) is 4.98 Å². The van der Waals surface area contributed by atoms with E-state index in [4.69, 9.17) is 5.73 Å². The molecule has 0 radical (unpaired) electrons. The molecule has 0 saturated heterocycles. The lowest BCUT2D eigenvalue weighted by molar-refractivity contribution is -0.113. The summed E-state index contributed by atoms with van der Waals surface area (Å²) in [5, 5.41) is 1.09. The fraction of sp³-hybridized carbons (Fsp3) is 0.0645. The second-order valence-corrected chi connectivity index (χ2v) is 8.82. The monoisotopic (exact) mass is 455 g/mol. The van der Waals surface area contributed by atoms with Crippen molar-refractivity contribution in [1.29, 1.82) is 0 Å². The van der Waals surface area contributed by atoms with Gasteiger partial charge in [-0.05, 0) is 36.2 Å². The number of nitrogen functional groups attached to an aromatic ring is 1. The summed E-state index contributed by atoms with van der Waals surface area (Å²) >= 11 is 0. The number of hydrogen-bond donors (Lipinski definition) is 2. The van der Waals surface area contributed by atoms with Gasteiger partial charge >= 0.3 is 0 Å². The third-order valence-corrected chi connectivity index (χ3v) is 6.67. The number of benzene rings is 4. The fourth-order valence-corrected chi connectivity index (χ4v) is 4.98. The van der Waals surface area contributed by atoms with Crippen LogP contribution in [0.4, 0.5) is 11.4 Å². The smallest absolute Gasteiger partial charge is 0.259 e. The first-order chi connectivity index (χ1) is 17.2. The number of carbonyl (C=O) groups excluding carboxylic acids is 1. The van der Waals surface area contributed by atoms with Gasteiger partial charge in [0, 0.05) is 45.5 Å². The van der Waals surface area contributed by atoms with Crippen LogP contribution >= 0.6 is 0 Å². The molecule has 4 aromatic carbocycles. The third kappa shape index (κ3) is 3.69. The van der Waals surface area contributed by atoms with E-state index in [2.05, 4.69) is 29.2 Å². The van der Waals surface area contributed by atoms with Gasteiger partial charge < -0.3 is 15.6 Å². The Morgan fingerprint density at radius 3 is 2.34 bits per heavy atom. The number of carbonyl (C=O) groups is 1. The number of H-pyrrole nitrogens is 1. The van der Waals surface area contributed by atoms with Gasteiger partial charge in [0.05, 0.1) is 11.3 Å². The average molecular weight is 456 g/mol. The number of aromatic nitrogens is 1. The Balaban J connectivity index is 1.55. The zero-order chi connectivity index (χ0) is 23.8. The molecule has 1 aromatic heterocycles. The summed E-state index contributed by atoms with van der Waals surface area (Å²) < 4.78 is 0. The van der Waals surface area contributed by atoms with E-state index in [-0.39, 0.29) is 5.91 Å². The minimum atomic E-state index is -0.000889. The Bertz CT molecular complexity index is 1550. The van der Waals surface area contributed by atoms with Crippen molar-refractivity contribution in [2.24, 2.45) is 0 Å². The molecule has 0 bridgehead atoms. The van der Waals surface area contributed by atoms with Crippen molar-refractivity contribution in [2.45, 2.75) is 6.42 Å². The zero-order valence-electron chi connectivity index (χ0n) is 19.2. The molecule has 35 heavy (non-hydrogen) atoms. The molecule has 0 saturated carbocycles. The highest BCUT2D eigenvalue weighted by molar-refractivity contribution is 6.39. The van der Waals surface area contributed by atoms with Crippen molar-refractivity contribution in [2.75, 3.05) is 17.2 Å². The van der Waals surface area contributed by atoms with Gasteiger partial charge in [0.15, 0.2) is 0 Å². The molecule has 6 rings (SSSR count). The number of fused-ring (bicyclic) bond motifs is 2. The van der Waals surface area contributed by atoms with E-state index in [0.29, 0.717) is 17.8 Å². The Labute approximate surface area is 204 Å². The summed E-state index contributed by atoms with van der Waals surface area (Å²) in [7, 11) is 0. The maximum Gasteiger partial charge on any atom is 0.259 e. The summed E-state index contributed by atoms with van der Waals surface area (Å²) in [6, 6.07) is 36.3. The number of nitrogens with two attached hydrogens (primary N) is 1. The summed E-state index contributed by atoms with van der Waals surface area (Å²) in [4.78, 5) is 19.6. The highest BCUT2D eigenvalue weighted by Crippen LogP contribution is 2.44. The molecule has 0 spiro atoms. The van der Waals surface area contributed by atoms with E-state index in [1.807, 2.05) is 89.8 Å².